The van der Waals surface area contributed by atoms with E-state index >= 15 is 0 Å². The SMILES string of the molecule is CCNc1nc(-c2cc(C)nc(C)c2)nc2sc(C)cc12. The van der Waals surface area contributed by atoms with E-state index in [1.165, 1.54) is 4.88 Å². The van der Waals surface area contributed by atoms with Gasteiger partial charge in [0.15, 0.2) is 5.82 Å². The molecule has 3 rings (SSSR count). The van der Waals surface area contributed by atoms with Gasteiger partial charge in [-0.25, -0.2) is 9.97 Å². The zero-order valence-corrected chi connectivity index (χ0v) is 13.5. The second-order valence-corrected chi connectivity index (χ2v) is 6.38. The fraction of sp³-hybridized carbons (Fsp3) is 0.312. The van der Waals surface area contributed by atoms with Gasteiger partial charge in [-0.2, -0.15) is 0 Å². The number of hydrogen-bond donors (Lipinski definition) is 1. The highest BCUT2D eigenvalue weighted by Crippen LogP contribution is 2.31. The van der Waals surface area contributed by atoms with Crippen molar-refractivity contribution in [2.24, 2.45) is 0 Å². The van der Waals surface area contributed by atoms with Gasteiger partial charge in [0.2, 0.25) is 0 Å². The average Bonchev–Trinajstić information content (AvgIpc) is 2.78. The van der Waals surface area contributed by atoms with Crippen LogP contribution >= 0.6 is 11.3 Å². The minimum Gasteiger partial charge on any atom is -0.370 e. The highest BCUT2D eigenvalue weighted by molar-refractivity contribution is 7.18. The molecule has 0 unspecified atom stereocenters. The van der Waals surface area contributed by atoms with Crippen molar-refractivity contribution >= 4 is 27.4 Å². The Hall–Kier alpha value is -2.01. The number of nitrogens with one attached hydrogen (secondary N) is 1. The third-order valence-corrected chi connectivity index (χ3v) is 4.14. The zero-order valence-electron chi connectivity index (χ0n) is 12.7. The number of pyridine rings is 1. The lowest BCUT2D eigenvalue weighted by Crippen LogP contribution is -2.02. The summed E-state index contributed by atoms with van der Waals surface area (Å²) in [5.41, 5.74) is 2.99. The maximum absolute atomic E-state index is 4.73. The van der Waals surface area contributed by atoms with E-state index in [9.17, 15) is 0 Å². The lowest BCUT2D eigenvalue weighted by Gasteiger charge is -2.08. The monoisotopic (exact) mass is 298 g/mol. The molecule has 0 aromatic carbocycles. The molecule has 3 heterocycles. The standard InChI is InChI=1S/C16H18N4S/c1-5-17-15-13-8-11(4)21-16(13)20-14(19-15)12-6-9(2)18-10(3)7-12/h6-8H,5H2,1-4H3,(H,17,19,20). The van der Waals surface area contributed by atoms with Crippen LogP contribution in [-0.4, -0.2) is 21.5 Å². The van der Waals surface area contributed by atoms with Gasteiger partial charge in [-0.05, 0) is 45.9 Å². The number of rotatable bonds is 3. The molecule has 21 heavy (non-hydrogen) atoms. The summed E-state index contributed by atoms with van der Waals surface area (Å²) in [5, 5.41) is 4.45. The predicted octanol–water partition coefficient (Wildman–Crippen LogP) is 4.11. The molecule has 3 aromatic rings. The van der Waals surface area contributed by atoms with Crippen LogP contribution in [0.4, 0.5) is 5.82 Å². The number of thiophene rings is 1. The number of aromatic nitrogens is 3. The summed E-state index contributed by atoms with van der Waals surface area (Å²) in [6.07, 6.45) is 0. The molecule has 0 saturated carbocycles. The molecule has 1 N–H and O–H groups in total. The molecule has 0 saturated heterocycles. The van der Waals surface area contributed by atoms with Crippen LogP contribution in [0, 0.1) is 20.8 Å². The number of aryl methyl sites for hydroxylation is 3. The molecule has 5 heteroatoms. The Labute approximate surface area is 128 Å². The van der Waals surface area contributed by atoms with E-state index in [4.69, 9.17) is 9.97 Å². The normalized spacial score (nSPS) is 11.0. The lowest BCUT2D eigenvalue weighted by molar-refractivity contribution is 1.11. The van der Waals surface area contributed by atoms with E-state index in [1.54, 1.807) is 11.3 Å². The van der Waals surface area contributed by atoms with Gasteiger partial charge in [0, 0.05) is 28.4 Å². The molecule has 0 fully saturated rings. The maximum Gasteiger partial charge on any atom is 0.163 e. The minimum atomic E-state index is 0.758. The highest BCUT2D eigenvalue weighted by Gasteiger charge is 2.12. The van der Waals surface area contributed by atoms with Crippen molar-refractivity contribution in [1.82, 2.24) is 15.0 Å². The highest BCUT2D eigenvalue weighted by atomic mass is 32.1. The van der Waals surface area contributed by atoms with Gasteiger partial charge in [-0.15, -0.1) is 11.3 Å². The zero-order chi connectivity index (χ0) is 15.0. The van der Waals surface area contributed by atoms with Crippen LogP contribution in [0.3, 0.4) is 0 Å². The molecule has 4 nitrogen and oxygen atoms in total. The molecule has 108 valence electrons. The average molecular weight is 298 g/mol. The Balaban J connectivity index is 2.22. The van der Waals surface area contributed by atoms with Crippen LogP contribution in [0.15, 0.2) is 18.2 Å². The molecule has 0 radical (unpaired) electrons. The van der Waals surface area contributed by atoms with E-state index in [0.29, 0.717) is 0 Å². The van der Waals surface area contributed by atoms with Crippen molar-refractivity contribution in [2.45, 2.75) is 27.7 Å². The van der Waals surface area contributed by atoms with Crippen molar-refractivity contribution in [1.29, 1.82) is 0 Å². The van der Waals surface area contributed by atoms with Gasteiger partial charge in [-0.1, -0.05) is 0 Å². The molecule has 0 spiro atoms. The third-order valence-electron chi connectivity index (χ3n) is 3.20. The Kier molecular flexibility index (Phi) is 3.59. The van der Waals surface area contributed by atoms with Crippen molar-refractivity contribution in [3.63, 3.8) is 0 Å². The Morgan fingerprint density at radius 3 is 2.38 bits per heavy atom. The molecular weight excluding hydrogens is 280 g/mol. The summed E-state index contributed by atoms with van der Waals surface area (Å²) in [7, 11) is 0. The van der Waals surface area contributed by atoms with Crippen molar-refractivity contribution in [2.75, 3.05) is 11.9 Å². The lowest BCUT2D eigenvalue weighted by atomic mass is 10.2. The predicted molar refractivity (Wildman–Crippen MR) is 89.0 cm³/mol. The quantitative estimate of drug-likeness (QED) is 0.790. The summed E-state index contributed by atoms with van der Waals surface area (Å²) in [6, 6.07) is 6.21. The largest absolute Gasteiger partial charge is 0.370 e. The molecular formula is C16H18N4S. The van der Waals surface area contributed by atoms with Crippen LogP contribution in [-0.2, 0) is 0 Å². The number of hydrogen-bond acceptors (Lipinski definition) is 5. The van der Waals surface area contributed by atoms with Crippen LogP contribution in [0.25, 0.3) is 21.6 Å². The van der Waals surface area contributed by atoms with Gasteiger partial charge >= 0.3 is 0 Å². The van der Waals surface area contributed by atoms with E-state index in [-0.39, 0.29) is 0 Å². The van der Waals surface area contributed by atoms with E-state index < -0.39 is 0 Å². The Bertz CT molecular complexity index is 787. The van der Waals surface area contributed by atoms with Gasteiger partial charge in [0.1, 0.15) is 10.6 Å². The van der Waals surface area contributed by atoms with Crippen molar-refractivity contribution in [3.8, 4) is 11.4 Å². The molecule has 0 aliphatic rings. The second-order valence-electron chi connectivity index (χ2n) is 5.14. The maximum atomic E-state index is 4.73. The number of nitrogens with zero attached hydrogens (tertiary/aromatic N) is 3. The number of fused-ring (bicyclic) bond motifs is 1. The van der Waals surface area contributed by atoms with E-state index in [2.05, 4.69) is 30.2 Å². The summed E-state index contributed by atoms with van der Waals surface area (Å²) < 4.78 is 0. The summed E-state index contributed by atoms with van der Waals surface area (Å²) in [4.78, 5) is 16.1. The van der Waals surface area contributed by atoms with Gasteiger partial charge in [-0.3, -0.25) is 4.98 Å². The van der Waals surface area contributed by atoms with Gasteiger partial charge in [0.25, 0.3) is 0 Å². The van der Waals surface area contributed by atoms with E-state index in [1.807, 2.05) is 26.0 Å². The first kappa shape index (κ1) is 13.9. The Morgan fingerprint density at radius 2 is 1.71 bits per heavy atom. The molecule has 0 atom stereocenters. The second kappa shape index (κ2) is 5.41. The number of anilines is 1. The smallest absolute Gasteiger partial charge is 0.163 e. The van der Waals surface area contributed by atoms with Crippen molar-refractivity contribution < 1.29 is 0 Å². The van der Waals surface area contributed by atoms with E-state index in [0.717, 1.165) is 45.4 Å². The summed E-state index contributed by atoms with van der Waals surface area (Å²) in [5.74, 6) is 1.67. The molecule has 0 aliphatic carbocycles. The van der Waals surface area contributed by atoms with Gasteiger partial charge in [0.05, 0.1) is 5.39 Å². The molecule has 3 aromatic heterocycles. The topological polar surface area (TPSA) is 50.7 Å². The van der Waals surface area contributed by atoms with Gasteiger partial charge < -0.3 is 5.32 Å². The molecule has 0 bridgehead atoms. The third kappa shape index (κ3) is 2.74. The first-order valence-corrected chi connectivity index (χ1v) is 7.86. The Morgan fingerprint density at radius 1 is 1.00 bits per heavy atom. The van der Waals surface area contributed by atoms with Crippen LogP contribution in [0.2, 0.25) is 0 Å². The fourth-order valence-electron chi connectivity index (χ4n) is 2.44. The minimum absolute atomic E-state index is 0.758. The fourth-order valence-corrected chi connectivity index (χ4v) is 3.32. The summed E-state index contributed by atoms with van der Waals surface area (Å²) >= 11 is 1.70. The molecule has 0 aliphatic heterocycles. The van der Waals surface area contributed by atoms with Crippen LogP contribution in [0.5, 0.6) is 0 Å². The van der Waals surface area contributed by atoms with Crippen LogP contribution in [0.1, 0.15) is 23.2 Å². The van der Waals surface area contributed by atoms with Crippen LogP contribution < -0.4 is 5.32 Å². The summed E-state index contributed by atoms with van der Waals surface area (Å²) in [6.45, 7) is 9.01. The first-order valence-electron chi connectivity index (χ1n) is 7.04. The first-order chi connectivity index (χ1) is 10.1. The molecule has 0 amide bonds. The van der Waals surface area contributed by atoms with Crippen molar-refractivity contribution in [3.05, 3.63) is 34.5 Å².